The summed E-state index contributed by atoms with van der Waals surface area (Å²) in [5.41, 5.74) is -2.52. The van der Waals surface area contributed by atoms with Gasteiger partial charge in [0.05, 0.1) is 11.1 Å². The van der Waals surface area contributed by atoms with E-state index in [1.54, 1.807) is 19.1 Å². The molecule has 0 fully saturated rings. The Balaban J connectivity index is 0.000000402. The van der Waals surface area contributed by atoms with Gasteiger partial charge < -0.3 is 0 Å². The van der Waals surface area contributed by atoms with Crippen molar-refractivity contribution in [1.29, 1.82) is 0 Å². The largest absolute Gasteiger partial charge is 0.416 e. The standard InChI is InChI=1S/2C8H7F3.C7H3F5.3C7H4F4/c1-6-3-2-4-7(5-6)8(9,10)11;1-6-4-2-3-5-7(6)8(9,10)11;1-2-3(8)5(10)7(12)6(11)4(2)9;1-3-6(10)4(8)2-5(9)7(3)11;1-3-4(8)2-5(9)7(11)6(3)10;1-3-2-4(8)6(10)7(11)5(3)9/h2*2-5H,1H3;1H3;3*2H,1H3. The van der Waals surface area contributed by atoms with E-state index in [1.165, 1.54) is 25.1 Å². The molecular formula is C44H29F23. The van der Waals surface area contributed by atoms with Crippen molar-refractivity contribution in [3.8, 4) is 0 Å². The highest BCUT2D eigenvalue weighted by Gasteiger charge is 2.32. The molecule has 0 saturated carbocycles. The van der Waals surface area contributed by atoms with Gasteiger partial charge in [0, 0.05) is 28.8 Å². The lowest BCUT2D eigenvalue weighted by Gasteiger charge is -2.08. The van der Waals surface area contributed by atoms with Crippen LogP contribution in [0, 0.1) is 140 Å². The fourth-order valence-corrected chi connectivity index (χ4v) is 4.47. The predicted octanol–water partition coefficient (Wildman–Crippen LogP) is 16.4. The van der Waals surface area contributed by atoms with Crippen LogP contribution in [0.4, 0.5) is 101 Å². The fourth-order valence-electron chi connectivity index (χ4n) is 4.47. The van der Waals surface area contributed by atoms with Crippen LogP contribution in [-0.4, -0.2) is 0 Å². The molecule has 6 rings (SSSR count). The summed E-state index contributed by atoms with van der Waals surface area (Å²) in [4.78, 5) is 0. The van der Waals surface area contributed by atoms with Gasteiger partial charge in [-0.1, -0.05) is 42.0 Å². The van der Waals surface area contributed by atoms with Gasteiger partial charge in [-0.3, -0.25) is 0 Å². The number of benzene rings is 6. The van der Waals surface area contributed by atoms with E-state index in [2.05, 4.69) is 0 Å². The van der Waals surface area contributed by atoms with Gasteiger partial charge in [-0.15, -0.1) is 0 Å². The quantitative estimate of drug-likeness (QED) is 0.0808. The van der Waals surface area contributed by atoms with E-state index in [4.69, 9.17) is 0 Å². The number of rotatable bonds is 0. The first-order chi connectivity index (χ1) is 30.6. The lowest BCUT2D eigenvalue weighted by atomic mass is 10.1. The molecule has 0 aliphatic heterocycles. The number of alkyl halides is 6. The first-order valence-corrected chi connectivity index (χ1v) is 17.7. The van der Waals surface area contributed by atoms with Crippen molar-refractivity contribution in [2.75, 3.05) is 0 Å². The maximum absolute atomic E-state index is 12.4. The van der Waals surface area contributed by atoms with E-state index in [-0.39, 0.29) is 17.2 Å². The fraction of sp³-hybridized carbons (Fsp3) is 0.182. The summed E-state index contributed by atoms with van der Waals surface area (Å²) >= 11 is 0. The molecule has 0 aliphatic rings. The van der Waals surface area contributed by atoms with E-state index in [1.807, 2.05) is 0 Å². The van der Waals surface area contributed by atoms with Gasteiger partial charge in [0.15, 0.2) is 87.3 Å². The Morgan fingerprint density at radius 3 is 1.07 bits per heavy atom. The van der Waals surface area contributed by atoms with E-state index in [0.29, 0.717) is 17.7 Å². The predicted molar refractivity (Wildman–Crippen MR) is 196 cm³/mol. The molecule has 366 valence electrons. The third kappa shape index (κ3) is 16.2. The first kappa shape index (κ1) is 58.7. The zero-order valence-corrected chi connectivity index (χ0v) is 34.5. The van der Waals surface area contributed by atoms with Crippen LogP contribution in [-0.2, 0) is 12.4 Å². The molecule has 6 aromatic carbocycles. The highest BCUT2D eigenvalue weighted by molar-refractivity contribution is 5.28. The second kappa shape index (κ2) is 24.5. The van der Waals surface area contributed by atoms with Crippen molar-refractivity contribution < 1.29 is 101 Å². The van der Waals surface area contributed by atoms with Crippen LogP contribution in [0.1, 0.15) is 44.5 Å². The van der Waals surface area contributed by atoms with Gasteiger partial charge in [-0.25, -0.2) is 74.6 Å². The molecule has 0 N–H and O–H groups in total. The van der Waals surface area contributed by atoms with Gasteiger partial charge in [0.1, 0.15) is 5.82 Å². The SMILES string of the molecule is Cc1c(F)c(F)c(F)c(F)c1F.Cc1c(F)c(F)cc(F)c1F.Cc1c(F)cc(F)c(F)c1F.Cc1cc(F)c(F)c(F)c1F.Cc1cccc(C(F)(F)F)c1.Cc1ccccc1C(F)(F)F. The van der Waals surface area contributed by atoms with Crippen molar-refractivity contribution in [2.45, 2.75) is 53.9 Å². The summed E-state index contributed by atoms with van der Waals surface area (Å²) in [7, 11) is 0. The smallest absolute Gasteiger partial charge is 0.206 e. The number of hydrogen-bond acceptors (Lipinski definition) is 0. The van der Waals surface area contributed by atoms with Gasteiger partial charge in [0.2, 0.25) is 5.82 Å². The van der Waals surface area contributed by atoms with Gasteiger partial charge >= 0.3 is 12.4 Å². The highest BCUT2D eigenvalue weighted by atomic mass is 19.4. The minimum Gasteiger partial charge on any atom is -0.206 e. The third-order valence-electron chi connectivity index (χ3n) is 8.18. The summed E-state index contributed by atoms with van der Waals surface area (Å²) in [6.45, 7) is 7.05. The van der Waals surface area contributed by atoms with Crippen LogP contribution < -0.4 is 0 Å². The van der Waals surface area contributed by atoms with Gasteiger partial charge in [-0.05, 0) is 70.9 Å². The zero-order chi connectivity index (χ0) is 52.2. The summed E-state index contributed by atoms with van der Waals surface area (Å²) in [6, 6.07) is 11.8. The summed E-state index contributed by atoms with van der Waals surface area (Å²) < 4.78 is 281. The molecule has 0 spiro atoms. The molecule has 23 heteroatoms. The maximum atomic E-state index is 12.4. The Morgan fingerprint density at radius 2 is 0.657 bits per heavy atom. The number of hydrogen-bond donors (Lipinski definition) is 0. The Hall–Kier alpha value is -6.29. The van der Waals surface area contributed by atoms with Gasteiger partial charge in [0.25, 0.3) is 0 Å². The van der Waals surface area contributed by atoms with Crippen molar-refractivity contribution >= 4 is 0 Å². The molecule has 0 bridgehead atoms. The van der Waals surface area contributed by atoms with E-state index >= 15 is 0 Å². The van der Waals surface area contributed by atoms with E-state index in [9.17, 15) is 101 Å². The Morgan fingerprint density at radius 1 is 0.284 bits per heavy atom. The zero-order valence-electron chi connectivity index (χ0n) is 34.5. The molecule has 0 aromatic heterocycles. The lowest BCUT2D eigenvalue weighted by Crippen LogP contribution is -2.06. The molecule has 0 aliphatic carbocycles. The minimum atomic E-state index is -4.22. The maximum Gasteiger partial charge on any atom is 0.416 e. The molecule has 0 heterocycles. The van der Waals surface area contributed by atoms with Crippen LogP contribution in [0.15, 0.2) is 66.7 Å². The minimum absolute atomic E-state index is 0.178. The molecule has 0 atom stereocenters. The van der Waals surface area contributed by atoms with Crippen LogP contribution in [0.5, 0.6) is 0 Å². The first-order valence-electron chi connectivity index (χ1n) is 17.7. The molecule has 67 heavy (non-hydrogen) atoms. The monoisotopic (exact) mass is 994 g/mol. The van der Waals surface area contributed by atoms with Crippen molar-refractivity contribution in [3.05, 3.63) is 210 Å². The van der Waals surface area contributed by atoms with Crippen molar-refractivity contribution in [3.63, 3.8) is 0 Å². The molecule has 0 unspecified atom stereocenters. The van der Waals surface area contributed by atoms with Crippen LogP contribution in [0.2, 0.25) is 0 Å². The average molecular weight is 995 g/mol. The normalized spacial score (nSPS) is 10.8. The topological polar surface area (TPSA) is 0 Å². The average Bonchev–Trinajstić information content (AvgIpc) is 3.26. The van der Waals surface area contributed by atoms with Crippen molar-refractivity contribution in [2.24, 2.45) is 0 Å². The molecule has 0 radical (unpaired) electrons. The Bertz CT molecular complexity index is 2320. The number of aryl methyl sites for hydroxylation is 3. The highest BCUT2D eigenvalue weighted by Crippen LogP contribution is 2.31. The molecule has 0 nitrogen and oxygen atoms in total. The summed E-state index contributed by atoms with van der Waals surface area (Å²) in [5, 5.41) is 0. The molecule has 0 amide bonds. The second-order valence-electron chi connectivity index (χ2n) is 13.2. The van der Waals surface area contributed by atoms with Gasteiger partial charge in [-0.2, -0.15) is 26.3 Å². The Labute approximate surface area is 364 Å². The molecule has 0 saturated heterocycles. The number of halogens is 23. The van der Waals surface area contributed by atoms with E-state index in [0.717, 1.165) is 45.9 Å². The molecular weight excluding hydrogens is 965 g/mol. The third-order valence-corrected chi connectivity index (χ3v) is 8.18. The summed E-state index contributed by atoms with van der Waals surface area (Å²) in [6.07, 6.45) is -8.43. The summed E-state index contributed by atoms with van der Waals surface area (Å²) in [5.74, 6) is -26.9. The second-order valence-corrected chi connectivity index (χ2v) is 13.2. The van der Waals surface area contributed by atoms with Crippen molar-refractivity contribution in [1.82, 2.24) is 0 Å². The van der Waals surface area contributed by atoms with Crippen LogP contribution in [0.3, 0.4) is 0 Å². The Kier molecular flexibility index (Phi) is 21.4. The van der Waals surface area contributed by atoms with Crippen LogP contribution in [0.25, 0.3) is 0 Å². The lowest BCUT2D eigenvalue weighted by molar-refractivity contribution is -0.138. The van der Waals surface area contributed by atoms with E-state index < -0.39 is 139 Å². The molecule has 6 aromatic rings. The van der Waals surface area contributed by atoms with Crippen LogP contribution >= 0.6 is 0 Å².